The number of rotatable bonds is 4. The Bertz CT molecular complexity index is 737. The molecule has 2 aliphatic rings. The minimum atomic E-state index is -0.294. The van der Waals surface area contributed by atoms with Crippen molar-refractivity contribution in [3.05, 3.63) is 42.0 Å². The van der Waals surface area contributed by atoms with Crippen LogP contribution in [-0.2, 0) is 16.0 Å². The van der Waals surface area contributed by atoms with Crippen LogP contribution in [0.1, 0.15) is 35.2 Å². The van der Waals surface area contributed by atoms with Crippen LogP contribution < -0.4 is 10.6 Å². The third-order valence-corrected chi connectivity index (χ3v) is 5.27. The summed E-state index contributed by atoms with van der Waals surface area (Å²) in [6.45, 7) is 4.21. The van der Waals surface area contributed by atoms with Gasteiger partial charge in [0, 0.05) is 36.8 Å². The minimum Gasteiger partial charge on any atom is -0.369 e. The Kier molecular flexibility index (Phi) is 4.61. The van der Waals surface area contributed by atoms with E-state index in [1.165, 1.54) is 6.08 Å². The van der Waals surface area contributed by atoms with Gasteiger partial charge in [0.2, 0.25) is 11.8 Å². The van der Waals surface area contributed by atoms with Gasteiger partial charge in [-0.2, -0.15) is 0 Å². The van der Waals surface area contributed by atoms with E-state index < -0.39 is 0 Å². The topological polar surface area (TPSA) is 83.7 Å². The fourth-order valence-electron chi connectivity index (χ4n) is 3.58. The van der Waals surface area contributed by atoms with Crippen LogP contribution in [0, 0.1) is 5.92 Å². The molecule has 1 saturated carbocycles. The number of anilines is 1. The molecule has 132 valence electrons. The van der Waals surface area contributed by atoms with Crippen molar-refractivity contribution in [2.24, 2.45) is 11.7 Å². The molecule has 0 unspecified atom stereocenters. The number of fused-ring (bicyclic) bond motifs is 1. The van der Waals surface area contributed by atoms with E-state index in [1.807, 2.05) is 12.1 Å². The number of nitrogens with two attached hydrogens (primary N) is 1. The molecule has 0 bridgehead atoms. The smallest absolute Gasteiger partial charge is 0.253 e. The summed E-state index contributed by atoms with van der Waals surface area (Å²) in [7, 11) is 1.76. The molecule has 1 aliphatic carbocycles. The van der Waals surface area contributed by atoms with E-state index in [-0.39, 0.29) is 29.7 Å². The van der Waals surface area contributed by atoms with Gasteiger partial charge in [-0.15, -0.1) is 0 Å². The van der Waals surface area contributed by atoms with E-state index in [0.717, 1.165) is 24.1 Å². The van der Waals surface area contributed by atoms with Crippen LogP contribution in [0.25, 0.3) is 0 Å². The van der Waals surface area contributed by atoms with Crippen LogP contribution in [0.2, 0.25) is 0 Å². The summed E-state index contributed by atoms with van der Waals surface area (Å²) in [6.07, 6.45) is 4.28. The average molecular weight is 341 g/mol. The minimum absolute atomic E-state index is 0.0554. The number of aryl methyl sites for hydroxylation is 1. The van der Waals surface area contributed by atoms with Crippen molar-refractivity contribution >= 4 is 23.4 Å². The summed E-state index contributed by atoms with van der Waals surface area (Å²) in [6, 6.07) is 5.53. The van der Waals surface area contributed by atoms with Gasteiger partial charge in [-0.1, -0.05) is 6.58 Å². The number of primary amides is 1. The highest BCUT2D eigenvalue weighted by Gasteiger charge is 2.37. The van der Waals surface area contributed by atoms with Gasteiger partial charge in [-0.05, 0) is 55.5 Å². The predicted octanol–water partition coefficient (Wildman–Crippen LogP) is 1.49. The lowest BCUT2D eigenvalue weighted by Crippen LogP contribution is -2.49. The second kappa shape index (κ2) is 6.70. The number of amides is 3. The first-order chi connectivity index (χ1) is 11.9. The third-order valence-electron chi connectivity index (χ3n) is 5.27. The Morgan fingerprint density at radius 2 is 2.04 bits per heavy atom. The van der Waals surface area contributed by atoms with Crippen molar-refractivity contribution in [1.29, 1.82) is 0 Å². The zero-order valence-electron chi connectivity index (χ0n) is 14.4. The van der Waals surface area contributed by atoms with Gasteiger partial charge < -0.3 is 15.5 Å². The summed E-state index contributed by atoms with van der Waals surface area (Å²) in [5.74, 6) is -0.605. The molecule has 1 aromatic rings. The molecule has 0 atom stereocenters. The molecule has 1 fully saturated rings. The number of carbonyl (C=O) groups is 3. The predicted molar refractivity (Wildman–Crippen MR) is 95.1 cm³/mol. The molecule has 25 heavy (non-hydrogen) atoms. The maximum Gasteiger partial charge on any atom is 0.253 e. The van der Waals surface area contributed by atoms with E-state index in [0.29, 0.717) is 24.9 Å². The number of benzene rings is 1. The zero-order valence-corrected chi connectivity index (χ0v) is 14.4. The van der Waals surface area contributed by atoms with Crippen LogP contribution in [0.15, 0.2) is 30.9 Å². The van der Waals surface area contributed by atoms with Crippen LogP contribution in [0.5, 0.6) is 0 Å². The summed E-state index contributed by atoms with van der Waals surface area (Å²) in [5.41, 5.74) is 7.76. The van der Waals surface area contributed by atoms with Crippen molar-refractivity contribution in [2.45, 2.75) is 31.7 Å². The monoisotopic (exact) mass is 341 g/mol. The van der Waals surface area contributed by atoms with Crippen LogP contribution in [-0.4, -0.2) is 42.3 Å². The van der Waals surface area contributed by atoms with Gasteiger partial charge in [0.05, 0.1) is 0 Å². The summed E-state index contributed by atoms with van der Waals surface area (Å²) < 4.78 is 0. The second-order valence-corrected chi connectivity index (χ2v) is 6.78. The molecule has 1 aliphatic heterocycles. The fourth-order valence-corrected chi connectivity index (χ4v) is 3.58. The Hall–Kier alpha value is -2.63. The molecule has 3 amide bonds. The lowest BCUT2D eigenvalue weighted by atomic mass is 9.79. The molecule has 3 rings (SSSR count). The van der Waals surface area contributed by atoms with Crippen molar-refractivity contribution in [1.82, 2.24) is 4.90 Å². The van der Waals surface area contributed by atoms with Gasteiger partial charge >= 0.3 is 0 Å². The molecule has 1 aromatic carbocycles. The van der Waals surface area contributed by atoms with Crippen molar-refractivity contribution < 1.29 is 14.4 Å². The Labute approximate surface area is 147 Å². The Morgan fingerprint density at radius 1 is 1.32 bits per heavy atom. The molecule has 0 radical (unpaired) electrons. The first-order valence-corrected chi connectivity index (χ1v) is 8.55. The summed E-state index contributed by atoms with van der Waals surface area (Å²) in [5, 5.41) is 0. The van der Waals surface area contributed by atoms with Gasteiger partial charge in [0.25, 0.3) is 5.91 Å². The van der Waals surface area contributed by atoms with Gasteiger partial charge in [-0.3, -0.25) is 14.4 Å². The van der Waals surface area contributed by atoms with Gasteiger partial charge in [-0.25, -0.2) is 0 Å². The highest BCUT2D eigenvalue weighted by Crippen LogP contribution is 2.33. The molecule has 0 saturated heterocycles. The first kappa shape index (κ1) is 17.2. The van der Waals surface area contributed by atoms with Crippen molar-refractivity contribution in [2.75, 3.05) is 18.5 Å². The molecular weight excluding hydrogens is 318 g/mol. The summed E-state index contributed by atoms with van der Waals surface area (Å²) in [4.78, 5) is 39.2. The molecule has 0 spiro atoms. The quantitative estimate of drug-likeness (QED) is 0.842. The SMILES string of the molecule is C=CC(=O)N1CCCc2cc(C(=O)N(C)C3CC(C(N)=O)C3)ccc21. The number of hydrogen-bond acceptors (Lipinski definition) is 3. The number of hydrogen-bond donors (Lipinski definition) is 1. The Balaban J connectivity index is 1.75. The van der Waals surface area contributed by atoms with E-state index in [4.69, 9.17) is 5.73 Å². The molecule has 6 heteroatoms. The highest BCUT2D eigenvalue weighted by molar-refractivity contribution is 6.02. The molecule has 6 nitrogen and oxygen atoms in total. The zero-order chi connectivity index (χ0) is 18.1. The van der Waals surface area contributed by atoms with Crippen LogP contribution in [0.3, 0.4) is 0 Å². The van der Waals surface area contributed by atoms with Crippen LogP contribution >= 0.6 is 0 Å². The number of nitrogens with zero attached hydrogens (tertiary/aromatic N) is 2. The standard InChI is InChI=1S/C19H23N3O3/c1-3-17(23)22-8-4-5-12-9-13(6-7-16(12)22)19(25)21(2)15-10-14(11-15)18(20)24/h3,6-7,9,14-15H,1,4-5,8,10-11H2,2H3,(H2,20,24). The maximum atomic E-state index is 12.7. The van der Waals surface area contributed by atoms with Crippen LogP contribution in [0.4, 0.5) is 5.69 Å². The lowest BCUT2D eigenvalue weighted by molar-refractivity contribution is -0.125. The first-order valence-electron chi connectivity index (χ1n) is 8.55. The van der Waals surface area contributed by atoms with Gasteiger partial charge in [0.15, 0.2) is 0 Å². The van der Waals surface area contributed by atoms with Gasteiger partial charge in [0.1, 0.15) is 0 Å². The molecular formula is C19H23N3O3. The highest BCUT2D eigenvalue weighted by atomic mass is 16.2. The average Bonchev–Trinajstić information content (AvgIpc) is 2.57. The normalized spacial score (nSPS) is 21.7. The lowest BCUT2D eigenvalue weighted by Gasteiger charge is -2.39. The Morgan fingerprint density at radius 3 is 2.68 bits per heavy atom. The third kappa shape index (κ3) is 3.16. The van der Waals surface area contributed by atoms with E-state index in [2.05, 4.69) is 6.58 Å². The maximum absolute atomic E-state index is 12.7. The van der Waals surface area contributed by atoms with Crippen molar-refractivity contribution in [3.8, 4) is 0 Å². The molecule has 1 heterocycles. The van der Waals surface area contributed by atoms with E-state index in [9.17, 15) is 14.4 Å². The molecule has 2 N–H and O–H groups in total. The largest absolute Gasteiger partial charge is 0.369 e. The molecule has 0 aromatic heterocycles. The summed E-state index contributed by atoms with van der Waals surface area (Å²) >= 11 is 0. The van der Waals surface area contributed by atoms with E-state index >= 15 is 0 Å². The van der Waals surface area contributed by atoms with Crippen molar-refractivity contribution in [3.63, 3.8) is 0 Å². The fraction of sp³-hybridized carbons (Fsp3) is 0.421. The van der Waals surface area contributed by atoms with E-state index in [1.54, 1.807) is 22.9 Å². The second-order valence-electron chi connectivity index (χ2n) is 6.78. The number of carbonyl (C=O) groups excluding carboxylic acids is 3.